The minimum atomic E-state index is -3.41. The summed E-state index contributed by atoms with van der Waals surface area (Å²) < 4.78 is 31.5. The standard InChI is InChI=1S/C12H23N3O4SSi/c1-21(2,3)7-6-20(17,18)15-10(4-5-13)8-11-9-19-12(16)14-11/h10-11,15H,4,6-9H2,1-3H3,(H,14,16)/t10?,11-/m0/s1. The molecule has 2 atom stereocenters. The number of cyclic esters (lactones) is 1. The third-order valence-electron chi connectivity index (χ3n) is 3.11. The summed E-state index contributed by atoms with van der Waals surface area (Å²) in [6.07, 6.45) is -0.0818. The Morgan fingerprint density at radius 3 is 2.67 bits per heavy atom. The van der Waals surface area contributed by atoms with Crippen LogP contribution in [0.25, 0.3) is 0 Å². The van der Waals surface area contributed by atoms with Crippen LogP contribution in [0.2, 0.25) is 25.7 Å². The van der Waals surface area contributed by atoms with Crippen molar-refractivity contribution in [2.75, 3.05) is 12.4 Å². The van der Waals surface area contributed by atoms with E-state index in [0.717, 1.165) is 0 Å². The fraction of sp³-hybridized carbons (Fsp3) is 0.833. The zero-order chi connectivity index (χ0) is 16.1. The first kappa shape index (κ1) is 17.9. The number of sulfonamides is 1. The van der Waals surface area contributed by atoms with Crippen LogP contribution in [-0.2, 0) is 14.8 Å². The SMILES string of the molecule is C[Si](C)(C)CCS(=O)(=O)NC(CC#N)C[C@H]1COC(=O)N1. The molecule has 0 saturated carbocycles. The van der Waals surface area contributed by atoms with Gasteiger partial charge in [0.25, 0.3) is 0 Å². The Bertz CT molecular complexity index is 510. The fourth-order valence-corrected chi connectivity index (χ4v) is 6.26. The van der Waals surface area contributed by atoms with E-state index in [-0.39, 0.29) is 24.8 Å². The molecular formula is C12H23N3O4SSi. The second-order valence-corrected chi connectivity index (χ2v) is 14.0. The van der Waals surface area contributed by atoms with Gasteiger partial charge in [0.15, 0.2) is 0 Å². The van der Waals surface area contributed by atoms with Gasteiger partial charge in [-0.1, -0.05) is 19.6 Å². The monoisotopic (exact) mass is 333 g/mol. The molecule has 7 nitrogen and oxygen atoms in total. The quantitative estimate of drug-likeness (QED) is 0.645. The van der Waals surface area contributed by atoms with Gasteiger partial charge in [0.05, 0.1) is 24.3 Å². The Hall–Kier alpha value is -1.11. The molecular weight excluding hydrogens is 310 g/mol. The molecule has 0 aromatic carbocycles. The molecule has 0 aliphatic carbocycles. The summed E-state index contributed by atoms with van der Waals surface area (Å²) in [7, 11) is -4.85. The molecule has 1 saturated heterocycles. The number of nitrogens with zero attached hydrogens (tertiary/aromatic N) is 1. The second kappa shape index (κ2) is 7.24. The van der Waals surface area contributed by atoms with Crippen LogP contribution in [0.4, 0.5) is 4.79 Å². The topological polar surface area (TPSA) is 108 Å². The van der Waals surface area contributed by atoms with Crippen molar-refractivity contribution >= 4 is 24.2 Å². The van der Waals surface area contributed by atoms with Gasteiger partial charge in [0.2, 0.25) is 10.0 Å². The molecule has 1 fully saturated rings. The van der Waals surface area contributed by atoms with Crippen molar-refractivity contribution < 1.29 is 17.9 Å². The Morgan fingerprint density at radius 1 is 1.52 bits per heavy atom. The fourth-order valence-electron chi connectivity index (χ4n) is 1.93. The molecule has 2 N–H and O–H groups in total. The molecule has 1 aliphatic heterocycles. The van der Waals surface area contributed by atoms with Gasteiger partial charge < -0.3 is 10.1 Å². The zero-order valence-electron chi connectivity index (χ0n) is 12.7. The van der Waals surface area contributed by atoms with E-state index in [1.807, 2.05) is 6.07 Å². The molecule has 0 bridgehead atoms. The third kappa shape index (κ3) is 7.45. The maximum Gasteiger partial charge on any atom is 0.407 e. The Kier molecular flexibility index (Phi) is 6.19. The highest BCUT2D eigenvalue weighted by molar-refractivity contribution is 7.89. The highest BCUT2D eigenvalue weighted by Gasteiger charge is 2.28. The van der Waals surface area contributed by atoms with Gasteiger partial charge in [-0.05, 0) is 12.5 Å². The number of hydrogen-bond acceptors (Lipinski definition) is 5. The van der Waals surface area contributed by atoms with Crippen LogP contribution < -0.4 is 10.0 Å². The lowest BCUT2D eigenvalue weighted by atomic mass is 10.1. The molecule has 0 aromatic heterocycles. The van der Waals surface area contributed by atoms with E-state index in [9.17, 15) is 13.2 Å². The minimum absolute atomic E-state index is 0.0680. The molecule has 0 radical (unpaired) electrons. The number of ether oxygens (including phenoxy) is 1. The van der Waals surface area contributed by atoms with Gasteiger partial charge >= 0.3 is 6.09 Å². The molecule has 0 aromatic rings. The van der Waals surface area contributed by atoms with Crippen LogP contribution in [0.1, 0.15) is 12.8 Å². The van der Waals surface area contributed by atoms with Crippen molar-refractivity contribution in [3.05, 3.63) is 0 Å². The lowest BCUT2D eigenvalue weighted by Crippen LogP contribution is -2.42. The molecule has 1 rings (SSSR count). The maximum atomic E-state index is 12.1. The van der Waals surface area contributed by atoms with E-state index in [1.165, 1.54) is 0 Å². The highest BCUT2D eigenvalue weighted by atomic mass is 32.2. The molecule has 1 unspecified atom stereocenters. The van der Waals surface area contributed by atoms with Crippen molar-refractivity contribution in [3.8, 4) is 6.07 Å². The second-order valence-electron chi connectivity index (χ2n) is 6.48. The summed E-state index contributed by atoms with van der Waals surface area (Å²) in [5.41, 5.74) is 0. The first-order valence-electron chi connectivity index (χ1n) is 6.91. The van der Waals surface area contributed by atoms with Crippen LogP contribution >= 0.6 is 0 Å². The van der Waals surface area contributed by atoms with Crippen LogP contribution in [0.15, 0.2) is 0 Å². The van der Waals surface area contributed by atoms with Gasteiger partial charge in [-0.25, -0.2) is 17.9 Å². The third-order valence-corrected chi connectivity index (χ3v) is 6.66. The van der Waals surface area contributed by atoms with E-state index < -0.39 is 30.2 Å². The number of nitrogens with one attached hydrogen (secondary N) is 2. The summed E-state index contributed by atoms with van der Waals surface area (Å²) in [6, 6.07) is 1.89. The van der Waals surface area contributed by atoms with Crippen molar-refractivity contribution in [2.45, 2.75) is 50.6 Å². The number of carbonyl (C=O) groups excluding carboxylic acids is 1. The Morgan fingerprint density at radius 2 is 2.19 bits per heavy atom. The van der Waals surface area contributed by atoms with Gasteiger partial charge in [0.1, 0.15) is 6.61 Å². The number of amides is 1. The van der Waals surface area contributed by atoms with Crippen molar-refractivity contribution in [1.29, 1.82) is 5.26 Å². The van der Waals surface area contributed by atoms with Crippen molar-refractivity contribution in [2.24, 2.45) is 0 Å². The highest BCUT2D eigenvalue weighted by Crippen LogP contribution is 2.12. The molecule has 120 valence electrons. The lowest BCUT2D eigenvalue weighted by molar-refractivity contribution is 0.176. The summed E-state index contributed by atoms with van der Waals surface area (Å²) in [6.45, 7) is 6.54. The molecule has 1 heterocycles. The predicted molar refractivity (Wildman–Crippen MR) is 82.0 cm³/mol. The zero-order valence-corrected chi connectivity index (χ0v) is 14.5. The first-order chi connectivity index (χ1) is 9.61. The van der Waals surface area contributed by atoms with Gasteiger partial charge in [-0.2, -0.15) is 5.26 Å². The van der Waals surface area contributed by atoms with Crippen LogP contribution in [0.3, 0.4) is 0 Å². The normalized spacial score (nSPS) is 20.5. The molecule has 1 amide bonds. The van der Waals surface area contributed by atoms with Crippen molar-refractivity contribution in [1.82, 2.24) is 10.0 Å². The van der Waals surface area contributed by atoms with E-state index in [1.54, 1.807) is 0 Å². The first-order valence-corrected chi connectivity index (χ1v) is 12.3. The summed E-state index contributed by atoms with van der Waals surface area (Å²) >= 11 is 0. The number of alkyl carbamates (subject to hydrolysis) is 1. The average Bonchev–Trinajstić information content (AvgIpc) is 2.71. The smallest absolute Gasteiger partial charge is 0.407 e. The van der Waals surface area contributed by atoms with Gasteiger partial charge in [-0.15, -0.1) is 0 Å². The Balaban J connectivity index is 2.56. The number of hydrogen-bond donors (Lipinski definition) is 2. The van der Waals surface area contributed by atoms with Crippen LogP contribution in [0.5, 0.6) is 0 Å². The van der Waals surface area contributed by atoms with E-state index in [2.05, 4.69) is 29.7 Å². The molecule has 9 heteroatoms. The van der Waals surface area contributed by atoms with Gasteiger partial charge in [0, 0.05) is 14.1 Å². The van der Waals surface area contributed by atoms with Crippen LogP contribution in [-0.4, -0.2) is 47.0 Å². The number of rotatable bonds is 8. The Labute approximate surface area is 127 Å². The maximum absolute atomic E-state index is 12.1. The number of nitriles is 1. The minimum Gasteiger partial charge on any atom is -0.447 e. The van der Waals surface area contributed by atoms with E-state index >= 15 is 0 Å². The van der Waals surface area contributed by atoms with Crippen LogP contribution in [0, 0.1) is 11.3 Å². The molecule has 21 heavy (non-hydrogen) atoms. The largest absolute Gasteiger partial charge is 0.447 e. The van der Waals surface area contributed by atoms with E-state index in [0.29, 0.717) is 12.5 Å². The van der Waals surface area contributed by atoms with Gasteiger partial charge in [-0.3, -0.25) is 0 Å². The molecule has 1 aliphatic rings. The summed E-state index contributed by atoms with van der Waals surface area (Å²) in [4.78, 5) is 11.0. The lowest BCUT2D eigenvalue weighted by Gasteiger charge is -2.20. The van der Waals surface area contributed by atoms with Crippen molar-refractivity contribution in [3.63, 3.8) is 0 Å². The summed E-state index contributed by atoms with van der Waals surface area (Å²) in [5, 5.41) is 11.4. The number of carbonyl (C=O) groups is 1. The molecule has 0 spiro atoms. The summed E-state index contributed by atoms with van der Waals surface area (Å²) in [5.74, 6) is 0.0815. The predicted octanol–water partition coefficient (Wildman–Crippen LogP) is 1.02. The van der Waals surface area contributed by atoms with E-state index in [4.69, 9.17) is 10.00 Å². The average molecular weight is 333 g/mol.